The SMILES string of the molecule is COc1ccc(Br)c(CC(N)CCC2CCCC2)c1. The van der Waals surface area contributed by atoms with Gasteiger partial charge in [0.1, 0.15) is 5.75 Å². The number of ether oxygens (including phenoxy) is 1. The zero-order valence-corrected chi connectivity index (χ0v) is 13.3. The first kappa shape index (κ1) is 14.9. The summed E-state index contributed by atoms with van der Waals surface area (Å²) in [6.07, 6.45) is 9.01. The minimum atomic E-state index is 0.254. The molecule has 0 saturated heterocycles. The third kappa shape index (κ3) is 4.50. The lowest BCUT2D eigenvalue weighted by Crippen LogP contribution is -2.23. The average molecular weight is 326 g/mol. The van der Waals surface area contributed by atoms with E-state index in [0.717, 1.165) is 29.0 Å². The molecule has 0 amide bonds. The zero-order valence-electron chi connectivity index (χ0n) is 11.7. The van der Waals surface area contributed by atoms with Crippen LogP contribution in [0.1, 0.15) is 44.1 Å². The van der Waals surface area contributed by atoms with Crippen LogP contribution in [-0.4, -0.2) is 13.2 Å². The largest absolute Gasteiger partial charge is 0.497 e. The number of hydrogen-bond acceptors (Lipinski definition) is 2. The molecule has 1 aromatic rings. The smallest absolute Gasteiger partial charge is 0.119 e. The second-order valence-corrected chi connectivity index (χ2v) is 6.50. The van der Waals surface area contributed by atoms with Crippen LogP contribution >= 0.6 is 15.9 Å². The van der Waals surface area contributed by atoms with Gasteiger partial charge in [-0.3, -0.25) is 0 Å². The van der Waals surface area contributed by atoms with Crippen LogP contribution < -0.4 is 10.5 Å². The molecule has 1 saturated carbocycles. The first-order valence-electron chi connectivity index (χ1n) is 7.27. The van der Waals surface area contributed by atoms with Crippen LogP contribution in [0.5, 0.6) is 5.75 Å². The molecule has 19 heavy (non-hydrogen) atoms. The molecule has 1 atom stereocenters. The summed E-state index contributed by atoms with van der Waals surface area (Å²) in [7, 11) is 1.70. The summed E-state index contributed by atoms with van der Waals surface area (Å²) in [5.41, 5.74) is 7.53. The number of benzene rings is 1. The van der Waals surface area contributed by atoms with E-state index >= 15 is 0 Å². The monoisotopic (exact) mass is 325 g/mol. The van der Waals surface area contributed by atoms with Crippen molar-refractivity contribution < 1.29 is 4.74 Å². The van der Waals surface area contributed by atoms with Crippen molar-refractivity contribution in [1.82, 2.24) is 0 Å². The highest BCUT2D eigenvalue weighted by Gasteiger charge is 2.16. The maximum atomic E-state index is 6.28. The Bertz CT molecular complexity index is 402. The van der Waals surface area contributed by atoms with E-state index in [0.29, 0.717) is 0 Å². The molecule has 0 spiro atoms. The normalized spacial score (nSPS) is 17.6. The molecule has 2 rings (SSSR count). The van der Waals surface area contributed by atoms with Gasteiger partial charge in [-0.1, -0.05) is 41.6 Å². The predicted octanol–water partition coefficient (Wildman–Crippen LogP) is 4.30. The summed E-state index contributed by atoms with van der Waals surface area (Å²) in [5.74, 6) is 1.83. The summed E-state index contributed by atoms with van der Waals surface area (Å²) in [5, 5.41) is 0. The van der Waals surface area contributed by atoms with E-state index < -0.39 is 0 Å². The van der Waals surface area contributed by atoms with Crippen molar-refractivity contribution in [2.24, 2.45) is 11.7 Å². The van der Waals surface area contributed by atoms with Gasteiger partial charge >= 0.3 is 0 Å². The van der Waals surface area contributed by atoms with Crippen LogP contribution in [0.4, 0.5) is 0 Å². The molecule has 0 radical (unpaired) electrons. The Morgan fingerprint density at radius 1 is 1.37 bits per heavy atom. The molecule has 0 aromatic heterocycles. The fourth-order valence-corrected chi connectivity index (χ4v) is 3.38. The molecule has 1 aliphatic carbocycles. The van der Waals surface area contributed by atoms with E-state index in [-0.39, 0.29) is 6.04 Å². The predicted molar refractivity (Wildman–Crippen MR) is 83.6 cm³/mol. The van der Waals surface area contributed by atoms with Crippen LogP contribution in [0.25, 0.3) is 0 Å². The van der Waals surface area contributed by atoms with E-state index in [1.165, 1.54) is 37.7 Å². The molecule has 1 aromatic carbocycles. The van der Waals surface area contributed by atoms with Crippen molar-refractivity contribution in [2.75, 3.05) is 7.11 Å². The van der Waals surface area contributed by atoms with Crippen LogP contribution in [0.3, 0.4) is 0 Å². The molecule has 1 unspecified atom stereocenters. The van der Waals surface area contributed by atoms with Gasteiger partial charge < -0.3 is 10.5 Å². The highest BCUT2D eigenvalue weighted by molar-refractivity contribution is 9.10. The number of hydrogen-bond donors (Lipinski definition) is 1. The molecular formula is C16H24BrNO. The molecule has 0 bridgehead atoms. The second-order valence-electron chi connectivity index (χ2n) is 5.65. The Morgan fingerprint density at radius 3 is 2.79 bits per heavy atom. The first-order valence-corrected chi connectivity index (χ1v) is 8.06. The van der Waals surface area contributed by atoms with Gasteiger partial charge in [-0.05, 0) is 48.9 Å². The van der Waals surface area contributed by atoms with Crippen molar-refractivity contribution in [3.05, 3.63) is 28.2 Å². The van der Waals surface area contributed by atoms with Crippen molar-refractivity contribution >= 4 is 15.9 Å². The van der Waals surface area contributed by atoms with Gasteiger partial charge in [-0.25, -0.2) is 0 Å². The fourth-order valence-electron chi connectivity index (χ4n) is 2.97. The summed E-state index contributed by atoms with van der Waals surface area (Å²) in [6.45, 7) is 0. The summed E-state index contributed by atoms with van der Waals surface area (Å²) in [6, 6.07) is 6.35. The van der Waals surface area contributed by atoms with Gasteiger partial charge in [0.25, 0.3) is 0 Å². The van der Waals surface area contributed by atoms with Crippen LogP contribution in [0, 0.1) is 5.92 Å². The van der Waals surface area contributed by atoms with E-state index in [9.17, 15) is 0 Å². The Morgan fingerprint density at radius 2 is 2.11 bits per heavy atom. The van der Waals surface area contributed by atoms with E-state index in [4.69, 9.17) is 10.5 Å². The summed E-state index contributed by atoms with van der Waals surface area (Å²) in [4.78, 5) is 0. The molecule has 1 fully saturated rings. The van der Waals surface area contributed by atoms with Crippen LogP contribution in [0.2, 0.25) is 0 Å². The van der Waals surface area contributed by atoms with Crippen LogP contribution in [0.15, 0.2) is 22.7 Å². The summed E-state index contributed by atoms with van der Waals surface area (Å²) < 4.78 is 6.40. The Kier molecular flexibility index (Phi) is 5.71. The van der Waals surface area contributed by atoms with Crippen molar-refractivity contribution in [2.45, 2.75) is 51.0 Å². The van der Waals surface area contributed by atoms with E-state index in [2.05, 4.69) is 22.0 Å². The van der Waals surface area contributed by atoms with Gasteiger partial charge in [0.15, 0.2) is 0 Å². The van der Waals surface area contributed by atoms with Gasteiger partial charge in [0.2, 0.25) is 0 Å². The zero-order chi connectivity index (χ0) is 13.7. The van der Waals surface area contributed by atoms with Gasteiger partial charge in [-0.15, -0.1) is 0 Å². The third-order valence-corrected chi connectivity index (χ3v) is 4.93. The quantitative estimate of drug-likeness (QED) is 0.846. The van der Waals surface area contributed by atoms with Gasteiger partial charge in [-0.2, -0.15) is 0 Å². The highest BCUT2D eigenvalue weighted by Crippen LogP contribution is 2.29. The first-order chi connectivity index (χ1) is 9.19. The number of rotatable bonds is 6. The molecule has 106 valence electrons. The van der Waals surface area contributed by atoms with Gasteiger partial charge in [0, 0.05) is 10.5 Å². The topological polar surface area (TPSA) is 35.2 Å². The number of halogens is 1. The highest BCUT2D eigenvalue weighted by atomic mass is 79.9. The maximum absolute atomic E-state index is 6.28. The molecule has 0 heterocycles. The van der Waals surface area contributed by atoms with Crippen molar-refractivity contribution in [1.29, 1.82) is 0 Å². The Hall–Kier alpha value is -0.540. The molecule has 0 aliphatic heterocycles. The molecule has 2 nitrogen and oxygen atoms in total. The maximum Gasteiger partial charge on any atom is 0.119 e. The molecule has 3 heteroatoms. The summed E-state index contributed by atoms with van der Waals surface area (Å²) >= 11 is 3.59. The lowest BCUT2D eigenvalue weighted by molar-refractivity contribution is 0.413. The number of nitrogens with two attached hydrogens (primary N) is 1. The van der Waals surface area contributed by atoms with Crippen molar-refractivity contribution in [3.63, 3.8) is 0 Å². The number of methoxy groups -OCH3 is 1. The molecule has 2 N–H and O–H groups in total. The van der Waals surface area contributed by atoms with E-state index in [1.54, 1.807) is 7.11 Å². The lowest BCUT2D eigenvalue weighted by atomic mass is 9.95. The lowest BCUT2D eigenvalue weighted by Gasteiger charge is -2.16. The van der Waals surface area contributed by atoms with Crippen LogP contribution in [-0.2, 0) is 6.42 Å². The van der Waals surface area contributed by atoms with Gasteiger partial charge in [0.05, 0.1) is 7.11 Å². The molecule has 1 aliphatic rings. The standard InChI is InChI=1S/C16H24BrNO/c1-19-15-8-9-16(17)13(11-15)10-14(18)7-6-12-4-2-3-5-12/h8-9,11-12,14H,2-7,10,18H2,1H3. The van der Waals surface area contributed by atoms with E-state index in [1.807, 2.05) is 12.1 Å². The fraction of sp³-hybridized carbons (Fsp3) is 0.625. The average Bonchev–Trinajstić information content (AvgIpc) is 2.92. The molecular weight excluding hydrogens is 302 g/mol. The Balaban J connectivity index is 1.85. The Labute approximate surface area is 124 Å². The van der Waals surface area contributed by atoms with Crippen molar-refractivity contribution in [3.8, 4) is 5.75 Å². The minimum absolute atomic E-state index is 0.254. The minimum Gasteiger partial charge on any atom is -0.497 e. The third-order valence-electron chi connectivity index (χ3n) is 4.16. The second kappa shape index (κ2) is 7.30.